The molecule has 0 spiro atoms. The zero-order chi connectivity index (χ0) is 15.0. The summed E-state index contributed by atoms with van der Waals surface area (Å²) < 4.78 is 65.3. The van der Waals surface area contributed by atoms with Gasteiger partial charge < -0.3 is 10.6 Å². The van der Waals surface area contributed by atoms with Gasteiger partial charge in [0.05, 0.1) is 5.69 Å². The van der Waals surface area contributed by atoms with E-state index in [-0.39, 0.29) is 6.54 Å². The third-order valence-corrected chi connectivity index (χ3v) is 3.31. The maximum Gasteiger partial charge on any atom is 0.404 e. The molecule has 1 atom stereocenters. The van der Waals surface area contributed by atoms with Gasteiger partial charge in [-0.25, -0.2) is 8.78 Å². The first kappa shape index (κ1) is 14.7. The number of anilines is 1. The normalized spacial score (nSPS) is 22.9. The maximum atomic E-state index is 13.4. The Hall–Kier alpha value is -1.70. The first-order valence-electron chi connectivity index (χ1n) is 5.80. The molecule has 1 aliphatic rings. The van der Waals surface area contributed by atoms with E-state index in [9.17, 15) is 26.7 Å². The van der Waals surface area contributed by atoms with Crippen molar-refractivity contribution in [3.63, 3.8) is 0 Å². The Morgan fingerprint density at radius 3 is 2.50 bits per heavy atom. The lowest BCUT2D eigenvalue weighted by Crippen LogP contribution is -2.49. The fourth-order valence-electron chi connectivity index (χ4n) is 2.09. The summed E-state index contributed by atoms with van der Waals surface area (Å²) in [5, 5.41) is 4.36. The smallest absolute Gasteiger partial charge is 0.323 e. The zero-order valence-corrected chi connectivity index (χ0v) is 10.2. The molecule has 2 N–H and O–H groups in total. The van der Waals surface area contributed by atoms with Crippen LogP contribution in [0.15, 0.2) is 18.2 Å². The largest absolute Gasteiger partial charge is 0.404 e. The van der Waals surface area contributed by atoms with E-state index in [1.807, 2.05) is 5.32 Å². The summed E-state index contributed by atoms with van der Waals surface area (Å²) in [4.78, 5) is 11.9. The topological polar surface area (TPSA) is 41.1 Å². The van der Waals surface area contributed by atoms with Crippen LogP contribution in [-0.2, 0) is 4.79 Å². The van der Waals surface area contributed by atoms with Gasteiger partial charge in [0, 0.05) is 12.6 Å². The quantitative estimate of drug-likeness (QED) is 0.823. The third-order valence-electron chi connectivity index (χ3n) is 3.31. The number of hydrogen-bond acceptors (Lipinski definition) is 2. The number of rotatable bonds is 2. The molecule has 0 radical (unpaired) electrons. The molecule has 1 amide bonds. The molecule has 1 fully saturated rings. The van der Waals surface area contributed by atoms with Gasteiger partial charge >= 0.3 is 6.18 Å². The Kier molecular flexibility index (Phi) is 3.68. The molecule has 20 heavy (non-hydrogen) atoms. The van der Waals surface area contributed by atoms with Crippen molar-refractivity contribution in [2.75, 3.05) is 18.4 Å². The standard InChI is InChI=1S/C12H11F5N2O/c13-7-1-2-9(8(14)5-7)19-10(20)11(12(15,16)17)3-4-18-6-11/h1-2,5,18H,3-4,6H2,(H,19,20). The summed E-state index contributed by atoms with van der Waals surface area (Å²) in [6.45, 7) is -0.524. The lowest BCUT2D eigenvalue weighted by Gasteiger charge is -2.29. The minimum absolute atomic E-state index is 0.0405. The van der Waals surface area contributed by atoms with Crippen LogP contribution >= 0.6 is 0 Å². The average Bonchev–Trinajstić information content (AvgIpc) is 2.82. The van der Waals surface area contributed by atoms with Crippen LogP contribution in [0.4, 0.5) is 27.6 Å². The first-order chi connectivity index (χ1) is 9.26. The molecular weight excluding hydrogens is 283 g/mol. The predicted molar refractivity (Wildman–Crippen MR) is 61.0 cm³/mol. The van der Waals surface area contributed by atoms with Gasteiger partial charge in [0.2, 0.25) is 5.91 Å². The molecule has 0 aliphatic carbocycles. The molecule has 0 aromatic heterocycles. The summed E-state index contributed by atoms with van der Waals surface area (Å²) in [6.07, 6.45) is -5.18. The van der Waals surface area contributed by atoms with Crippen molar-refractivity contribution in [3.05, 3.63) is 29.8 Å². The molecule has 1 unspecified atom stereocenters. The van der Waals surface area contributed by atoms with Crippen molar-refractivity contribution in [1.29, 1.82) is 0 Å². The van der Waals surface area contributed by atoms with Crippen molar-refractivity contribution in [3.8, 4) is 0 Å². The molecule has 3 nitrogen and oxygen atoms in total. The van der Waals surface area contributed by atoms with E-state index in [2.05, 4.69) is 5.32 Å². The molecule has 110 valence electrons. The Morgan fingerprint density at radius 2 is 2.00 bits per heavy atom. The van der Waals surface area contributed by atoms with Gasteiger partial charge in [-0.2, -0.15) is 13.2 Å². The second kappa shape index (κ2) is 5.01. The van der Waals surface area contributed by atoms with Crippen LogP contribution in [0.3, 0.4) is 0 Å². The summed E-state index contributed by atoms with van der Waals surface area (Å²) >= 11 is 0. The van der Waals surface area contributed by atoms with E-state index in [0.717, 1.165) is 12.1 Å². The molecule has 1 aliphatic heterocycles. The monoisotopic (exact) mass is 294 g/mol. The second-order valence-corrected chi connectivity index (χ2v) is 4.58. The SMILES string of the molecule is O=C(Nc1ccc(F)cc1F)C1(C(F)(F)F)CCNC1. The zero-order valence-electron chi connectivity index (χ0n) is 10.2. The van der Waals surface area contributed by atoms with E-state index in [1.165, 1.54) is 0 Å². The summed E-state index contributed by atoms with van der Waals surface area (Å²) in [6, 6.07) is 2.23. The number of halogens is 5. The van der Waals surface area contributed by atoms with Crippen LogP contribution in [-0.4, -0.2) is 25.2 Å². The molecule has 1 heterocycles. The van der Waals surface area contributed by atoms with Crippen molar-refractivity contribution < 1.29 is 26.7 Å². The van der Waals surface area contributed by atoms with Gasteiger partial charge in [0.1, 0.15) is 11.6 Å². The molecule has 0 bridgehead atoms. The predicted octanol–water partition coefficient (Wildman–Crippen LogP) is 2.45. The minimum atomic E-state index is -4.75. The number of nitrogens with one attached hydrogen (secondary N) is 2. The highest BCUT2D eigenvalue weighted by molar-refractivity contribution is 5.96. The van der Waals surface area contributed by atoms with E-state index in [4.69, 9.17) is 0 Å². The summed E-state index contributed by atoms with van der Waals surface area (Å²) in [7, 11) is 0. The van der Waals surface area contributed by atoms with E-state index in [1.54, 1.807) is 0 Å². The van der Waals surface area contributed by atoms with Crippen LogP contribution in [0.1, 0.15) is 6.42 Å². The van der Waals surface area contributed by atoms with Crippen molar-refractivity contribution >= 4 is 11.6 Å². The highest BCUT2D eigenvalue weighted by Crippen LogP contribution is 2.43. The second-order valence-electron chi connectivity index (χ2n) is 4.58. The Balaban J connectivity index is 2.26. The molecule has 0 saturated carbocycles. The molecule has 2 rings (SSSR count). The van der Waals surface area contributed by atoms with Crippen molar-refractivity contribution in [2.24, 2.45) is 5.41 Å². The maximum absolute atomic E-state index is 13.4. The Bertz CT molecular complexity index is 523. The van der Waals surface area contributed by atoms with Gasteiger partial charge in [0.15, 0.2) is 5.41 Å². The fraction of sp³-hybridized carbons (Fsp3) is 0.417. The van der Waals surface area contributed by atoms with Gasteiger partial charge in [-0.3, -0.25) is 4.79 Å². The molecule has 1 aromatic rings. The molecule has 8 heteroatoms. The first-order valence-corrected chi connectivity index (χ1v) is 5.80. The van der Waals surface area contributed by atoms with E-state index >= 15 is 0 Å². The van der Waals surface area contributed by atoms with Gasteiger partial charge in [-0.05, 0) is 25.1 Å². The highest BCUT2D eigenvalue weighted by atomic mass is 19.4. The molecular formula is C12H11F5N2O. The number of carbonyl (C=O) groups excluding carboxylic acids is 1. The van der Waals surface area contributed by atoms with Crippen LogP contribution < -0.4 is 10.6 Å². The number of hydrogen-bond donors (Lipinski definition) is 2. The van der Waals surface area contributed by atoms with Crippen LogP contribution in [0, 0.1) is 17.0 Å². The number of carbonyl (C=O) groups is 1. The number of benzene rings is 1. The van der Waals surface area contributed by atoms with Gasteiger partial charge in [-0.15, -0.1) is 0 Å². The Labute approximate surface area is 111 Å². The summed E-state index contributed by atoms with van der Waals surface area (Å²) in [5.41, 5.74) is -3.07. The van der Waals surface area contributed by atoms with Gasteiger partial charge in [-0.1, -0.05) is 0 Å². The lowest BCUT2D eigenvalue weighted by atomic mass is 9.85. The lowest BCUT2D eigenvalue weighted by molar-refractivity contribution is -0.213. The Morgan fingerprint density at radius 1 is 1.30 bits per heavy atom. The third kappa shape index (κ3) is 2.47. The van der Waals surface area contributed by atoms with Crippen molar-refractivity contribution in [1.82, 2.24) is 5.32 Å². The van der Waals surface area contributed by atoms with Crippen LogP contribution in [0.5, 0.6) is 0 Å². The van der Waals surface area contributed by atoms with Crippen LogP contribution in [0.2, 0.25) is 0 Å². The van der Waals surface area contributed by atoms with Gasteiger partial charge in [0.25, 0.3) is 0 Å². The minimum Gasteiger partial charge on any atom is -0.323 e. The molecule has 1 saturated heterocycles. The van der Waals surface area contributed by atoms with E-state index in [0.29, 0.717) is 6.07 Å². The average molecular weight is 294 g/mol. The molecule has 1 aromatic carbocycles. The fourth-order valence-corrected chi connectivity index (χ4v) is 2.09. The van der Waals surface area contributed by atoms with Crippen molar-refractivity contribution in [2.45, 2.75) is 12.6 Å². The van der Waals surface area contributed by atoms with E-state index < -0.39 is 47.8 Å². The van der Waals surface area contributed by atoms with Crippen LogP contribution in [0.25, 0.3) is 0 Å². The summed E-state index contributed by atoms with van der Waals surface area (Å²) in [5.74, 6) is -3.35. The number of amides is 1. The number of alkyl halides is 3. The highest BCUT2D eigenvalue weighted by Gasteiger charge is 2.61.